The van der Waals surface area contributed by atoms with Gasteiger partial charge in [0.1, 0.15) is 0 Å². The average molecular weight is 383 g/mol. The molecule has 3 rings (SSSR count). The van der Waals surface area contributed by atoms with Crippen LogP contribution in [0.4, 0.5) is 18.9 Å². The minimum absolute atomic E-state index is 0.556. The first-order chi connectivity index (χ1) is 12.8. The summed E-state index contributed by atoms with van der Waals surface area (Å²) < 4.78 is 38.7. The fourth-order valence-corrected chi connectivity index (χ4v) is 4.62. The Kier molecular flexibility index (Phi) is 6.72. The largest absolute Gasteiger partial charge is 0.416 e. The number of halogens is 3. The van der Waals surface area contributed by atoms with Crippen LogP contribution in [0.1, 0.15) is 51.5 Å². The van der Waals surface area contributed by atoms with E-state index in [1.807, 2.05) is 0 Å². The molecule has 0 spiro atoms. The Balaban J connectivity index is 1.42. The van der Waals surface area contributed by atoms with Gasteiger partial charge in [-0.15, -0.1) is 0 Å². The minimum Gasteiger partial charge on any atom is -0.369 e. The molecule has 2 nitrogen and oxygen atoms in total. The molecule has 1 saturated carbocycles. The van der Waals surface area contributed by atoms with E-state index >= 15 is 0 Å². The highest BCUT2D eigenvalue weighted by atomic mass is 19.4. The zero-order chi connectivity index (χ0) is 19.4. The van der Waals surface area contributed by atoms with Crippen molar-refractivity contribution in [3.05, 3.63) is 29.8 Å². The van der Waals surface area contributed by atoms with E-state index in [9.17, 15) is 13.2 Å². The van der Waals surface area contributed by atoms with Crippen LogP contribution in [0.2, 0.25) is 0 Å². The van der Waals surface area contributed by atoms with Gasteiger partial charge >= 0.3 is 6.18 Å². The lowest BCUT2D eigenvalue weighted by atomic mass is 9.76. The van der Waals surface area contributed by atoms with Crippen molar-refractivity contribution in [1.29, 1.82) is 0 Å². The molecule has 0 atom stereocenters. The summed E-state index contributed by atoms with van der Waals surface area (Å²) in [7, 11) is 0. The molecule has 1 aliphatic heterocycles. The van der Waals surface area contributed by atoms with Crippen LogP contribution >= 0.6 is 0 Å². The number of alkyl halides is 3. The zero-order valence-electron chi connectivity index (χ0n) is 16.6. The summed E-state index contributed by atoms with van der Waals surface area (Å²) in [5.74, 6) is 2.59. The molecule has 27 heavy (non-hydrogen) atoms. The Labute approximate surface area is 161 Å². The maximum absolute atomic E-state index is 12.9. The Morgan fingerprint density at radius 1 is 1.00 bits per heavy atom. The van der Waals surface area contributed by atoms with Crippen molar-refractivity contribution in [1.82, 2.24) is 4.90 Å². The van der Waals surface area contributed by atoms with Crippen molar-refractivity contribution >= 4 is 5.69 Å². The molecule has 1 aromatic rings. The highest BCUT2D eigenvalue weighted by molar-refractivity contribution is 5.49. The van der Waals surface area contributed by atoms with Crippen molar-refractivity contribution in [2.75, 3.05) is 37.6 Å². The van der Waals surface area contributed by atoms with Crippen molar-refractivity contribution in [3.63, 3.8) is 0 Å². The third kappa shape index (κ3) is 5.63. The summed E-state index contributed by atoms with van der Waals surface area (Å²) in [6.07, 6.45) is 2.50. The molecule has 0 N–H and O–H groups in total. The predicted octanol–water partition coefficient (Wildman–Crippen LogP) is 5.68. The van der Waals surface area contributed by atoms with Gasteiger partial charge < -0.3 is 4.90 Å². The van der Waals surface area contributed by atoms with Crippen molar-refractivity contribution in [3.8, 4) is 0 Å². The molecule has 0 aromatic heterocycles. The van der Waals surface area contributed by atoms with Gasteiger partial charge in [0.2, 0.25) is 0 Å². The topological polar surface area (TPSA) is 6.48 Å². The second kappa shape index (κ2) is 8.85. The first kappa shape index (κ1) is 20.5. The SMILES string of the molecule is CC(C)C1CCC(CCN2CCN(c3cccc(C(F)(F)F)c3)CC2)CC1. The monoisotopic (exact) mass is 382 g/mol. The van der Waals surface area contributed by atoms with Crippen LogP contribution in [0.25, 0.3) is 0 Å². The van der Waals surface area contributed by atoms with Gasteiger partial charge in [0, 0.05) is 31.9 Å². The maximum atomic E-state index is 12.9. The normalized spacial score (nSPS) is 25.2. The van der Waals surface area contributed by atoms with E-state index in [1.54, 1.807) is 6.07 Å². The number of hydrogen-bond acceptors (Lipinski definition) is 2. The number of anilines is 1. The Morgan fingerprint density at radius 2 is 1.67 bits per heavy atom. The number of hydrogen-bond donors (Lipinski definition) is 0. The van der Waals surface area contributed by atoms with Crippen LogP contribution in [0.3, 0.4) is 0 Å². The first-order valence-electron chi connectivity index (χ1n) is 10.5. The van der Waals surface area contributed by atoms with Gasteiger partial charge in [-0.25, -0.2) is 0 Å². The van der Waals surface area contributed by atoms with Gasteiger partial charge in [-0.1, -0.05) is 32.8 Å². The van der Waals surface area contributed by atoms with Crippen molar-refractivity contribution < 1.29 is 13.2 Å². The molecule has 1 saturated heterocycles. The smallest absolute Gasteiger partial charge is 0.369 e. The summed E-state index contributed by atoms with van der Waals surface area (Å²) in [6, 6.07) is 5.73. The standard InChI is InChI=1S/C22H33F3N2/c1-17(2)19-8-6-18(7-9-19)10-11-26-12-14-27(15-13-26)21-5-3-4-20(16-21)22(23,24)25/h3-5,16-19H,6-15H2,1-2H3. The fraction of sp³-hybridized carbons (Fsp3) is 0.727. The van der Waals surface area contributed by atoms with Crippen LogP contribution in [-0.4, -0.2) is 37.6 Å². The number of benzene rings is 1. The van der Waals surface area contributed by atoms with Crippen LogP contribution in [0.15, 0.2) is 24.3 Å². The van der Waals surface area contributed by atoms with Crippen molar-refractivity contribution in [2.24, 2.45) is 17.8 Å². The van der Waals surface area contributed by atoms with E-state index in [0.717, 1.165) is 56.5 Å². The van der Waals surface area contributed by atoms with E-state index in [4.69, 9.17) is 0 Å². The molecule has 2 fully saturated rings. The lowest BCUT2D eigenvalue weighted by molar-refractivity contribution is -0.137. The Morgan fingerprint density at radius 3 is 2.26 bits per heavy atom. The summed E-state index contributed by atoms with van der Waals surface area (Å²) in [5, 5.41) is 0. The number of piperazine rings is 1. The van der Waals surface area contributed by atoms with Gasteiger partial charge in [0.15, 0.2) is 0 Å². The molecule has 0 amide bonds. The predicted molar refractivity (Wildman–Crippen MR) is 105 cm³/mol. The molecule has 1 heterocycles. The van der Waals surface area contributed by atoms with E-state index < -0.39 is 11.7 Å². The van der Waals surface area contributed by atoms with E-state index in [0.29, 0.717) is 5.69 Å². The number of nitrogens with zero attached hydrogens (tertiary/aromatic N) is 2. The summed E-state index contributed by atoms with van der Waals surface area (Å²) in [5.41, 5.74) is 0.135. The van der Waals surface area contributed by atoms with Crippen LogP contribution in [0, 0.1) is 17.8 Å². The molecule has 0 radical (unpaired) electrons. The molecule has 0 bridgehead atoms. The lowest BCUT2D eigenvalue weighted by Gasteiger charge is -2.37. The quantitative estimate of drug-likeness (QED) is 0.646. The third-order valence-corrected chi connectivity index (χ3v) is 6.60. The van der Waals surface area contributed by atoms with Crippen LogP contribution in [-0.2, 0) is 6.18 Å². The van der Waals surface area contributed by atoms with Gasteiger partial charge in [0.25, 0.3) is 0 Å². The fourth-order valence-electron chi connectivity index (χ4n) is 4.62. The molecule has 2 aliphatic rings. The zero-order valence-corrected chi connectivity index (χ0v) is 16.6. The molecular formula is C22H33F3N2. The molecule has 0 unspecified atom stereocenters. The highest BCUT2D eigenvalue weighted by Gasteiger charge is 2.31. The Bertz CT molecular complexity index is 583. The van der Waals surface area contributed by atoms with Crippen LogP contribution < -0.4 is 4.90 Å². The van der Waals surface area contributed by atoms with Gasteiger partial charge in [-0.05, 0) is 61.8 Å². The molecule has 152 valence electrons. The lowest BCUT2D eigenvalue weighted by Crippen LogP contribution is -2.47. The van der Waals surface area contributed by atoms with Gasteiger partial charge in [-0.3, -0.25) is 4.90 Å². The van der Waals surface area contributed by atoms with E-state index in [2.05, 4.69) is 23.6 Å². The second-order valence-electron chi connectivity index (χ2n) is 8.69. The second-order valence-corrected chi connectivity index (χ2v) is 8.69. The molecule has 1 aliphatic carbocycles. The third-order valence-electron chi connectivity index (χ3n) is 6.60. The van der Waals surface area contributed by atoms with E-state index in [-0.39, 0.29) is 0 Å². The average Bonchev–Trinajstić information content (AvgIpc) is 2.66. The summed E-state index contributed by atoms with van der Waals surface area (Å²) in [4.78, 5) is 4.57. The van der Waals surface area contributed by atoms with Crippen LogP contribution in [0.5, 0.6) is 0 Å². The first-order valence-corrected chi connectivity index (χ1v) is 10.5. The number of rotatable bonds is 5. The summed E-state index contributed by atoms with van der Waals surface area (Å²) >= 11 is 0. The molecular weight excluding hydrogens is 349 g/mol. The van der Waals surface area contributed by atoms with Gasteiger partial charge in [-0.2, -0.15) is 13.2 Å². The van der Waals surface area contributed by atoms with Crippen molar-refractivity contribution in [2.45, 2.75) is 52.1 Å². The highest BCUT2D eigenvalue weighted by Crippen LogP contribution is 2.35. The summed E-state index contributed by atoms with van der Waals surface area (Å²) in [6.45, 7) is 9.31. The minimum atomic E-state index is -4.27. The maximum Gasteiger partial charge on any atom is 0.416 e. The Hall–Kier alpha value is -1.23. The van der Waals surface area contributed by atoms with Gasteiger partial charge in [0.05, 0.1) is 5.56 Å². The molecule has 5 heteroatoms. The molecule has 1 aromatic carbocycles. The van der Waals surface area contributed by atoms with E-state index in [1.165, 1.54) is 44.2 Å².